The van der Waals surface area contributed by atoms with Crippen LogP contribution in [0.1, 0.15) is 30.1 Å². The second-order valence-corrected chi connectivity index (χ2v) is 8.84. The number of hydrogen-bond donors (Lipinski definition) is 1. The zero-order valence-electron chi connectivity index (χ0n) is 19.0. The molecule has 1 aromatic carbocycles. The number of benzene rings is 1. The topological polar surface area (TPSA) is 127 Å². The number of amides is 4. The van der Waals surface area contributed by atoms with Crippen molar-refractivity contribution >= 4 is 23.5 Å². The summed E-state index contributed by atoms with van der Waals surface area (Å²) in [4.78, 5) is 45.8. The van der Waals surface area contributed by atoms with E-state index in [4.69, 9.17) is 14.0 Å². The molecule has 1 saturated carbocycles. The molecule has 14 heteroatoms. The Morgan fingerprint density at radius 3 is 2.58 bits per heavy atom. The van der Waals surface area contributed by atoms with Gasteiger partial charge < -0.3 is 24.2 Å². The van der Waals surface area contributed by atoms with Crippen LogP contribution in [-0.2, 0) is 31.8 Å². The molecular weight excluding hydrogens is 487 g/mol. The Morgan fingerprint density at radius 2 is 1.89 bits per heavy atom. The first-order valence-electron chi connectivity index (χ1n) is 11.2. The first kappa shape index (κ1) is 24.2. The molecule has 0 radical (unpaired) electrons. The van der Waals surface area contributed by atoms with Crippen LogP contribution >= 0.6 is 0 Å². The summed E-state index contributed by atoms with van der Waals surface area (Å²) in [5, 5.41) is 5.91. The molecule has 3 heterocycles. The lowest BCUT2D eigenvalue weighted by molar-refractivity contribution is -0.146. The van der Waals surface area contributed by atoms with Crippen molar-refractivity contribution in [3.05, 3.63) is 41.5 Å². The van der Waals surface area contributed by atoms with E-state index < -0.39 is 53.8 Å². The highest BCUT2D eigenvalue weighted by Crippen LogP contribution is 2.40. The highest BCUT2D eigenvalue weighted by molar-refractivity contribution is 6.01. The Morgan fingerprint density at radius 1 is 1.17 bits per heavy atom. The molecule has 2 aromatic rings. The van der Waals surface area contributed by atoms with Gasteiger partial charge in [-0.15, -0.1) is 0 Å². The first-order chi connectivity index (χ1) is 17.1. The maximum absolute atomic E-state index is 13.4. The summed E-state index contributed by atoms with van der Waals surface area (Å²) in [6, 6.07) is 3.07. The minimum absolute atomic E-state index is 0.0327. The number of halogens is 3. The van der Waals surface area contributed by atoms with Crippen molar-refractivity contribution < 1.29 is 41.6 Å². The zero-order chi connectivity index (χ0) is 25.6. The van der Waals surface area contributed by atoms with Crippen LogP contribution in [0.4, 0.5) is 23.7 Å². The lowest BCUT2D eigenvalue weighted by atomic mass is 9.78. The number of alkyl halides is 3. The van der Waals surface area contributed by atoms with Gasteiger partial charge >= 0.3 is 12.2 Å². The van der Waals surface area contributed by atoms with Crippen molar-refractivity contribution in [2.45, 2.75) is 50.7 Å². The highest BCUT2D eigenvalue weighted by Gasteiger charge is 2.53. The lowest BCUT2D eigenvalue weighted by Crippen LogP contribution is -2.65. The maximum atomic E-state index is 13.4. The number of para-hydroxylation sites is 1. The molecule has 36 heavy (non-hydrogen) atoms. The van der Waals surface area contributed by atoms with Crippen LogP contribution in [0.3, 0.4) is 0 Å². The summed E-state index contributed by atoms with van der Waals surface area (Å²) in [5.74, 6) is -1.67. The Bertz CT molecular complexity index is 1190. The summed E-state index contributed by atoms with van der Waals surface area (Å²) in [7, 11) is 0. The van der Waals surface area contributed by atoms with Gasteiger partial charge in [0.1, 0.15) is 19.9 Å². The number of urea groups is 1. The number of aromatic nitrogens is 2. The predicted octanol–water partition coefficient (Wildman–Crippen LogP) is 2.32. The van der Waals surface area contributed by atoms with Gasteiger partial charge in [-0.3, -0.25) is 14.5 Å². The SMILES string of the molecule is Cc1noc(CN2C(=O)C3CC4OCOC4CC3N(CC(=O)Nc3ccccc3C(F)(F)F)C2=O)n1. The van der Waals surface area contributed by atoms with E-state index in [9.17, 15) is 27.6 Å². The maximum Gasteiger partial charge on any atom is 0.418 e. The number of carbonyl (C=O) groups excluding carboxylic acids is 3. The monoisotopic (exact) mass is 509 g/mol. The molecule has 1 N–H and O–H groups in total. The van der Waals surface area contributed by atoms with Crippen LogP contribution in [0.5, 0.6) is 0 Å². The third-order valence-electron chi connectivity index (χ3n) is 6.55. The van der Waals surface area contributed by atoms with Gasteiger partial charge in [-0.1, -0.05) is 17.3 Å². The summed E-state index contributed by atoms with van der Waals surface area (Å²) in [6.45, 7) is 0.757. The number of imide groups is 1. The molecule has 3 fully saturated rings. The number of ether oxygens (including phenoxy) is 2. The summed E-state index contributed by atoms with van der Waals surface area (Å²) in [5.41, 5.74) is -1.44. The number of rotatable bonds is 5. The Labute approximate surface area is 202 Å². The Hall–Kier alpha value is -3.52. The largest absolute Gasteiger partial charge is 0.418 e. The molecule has 0 bridgehead atoms. The molecular formula is C22H22F3N5O6. The van der Waals surface area contributed by atoms with Gasteiger partial charge in [0.2, 0.25) is 17.7 Å². The molecule has 1 aromatic heterocycles. The molecule has 5 rings (SSSR count). The average Bonchev–Trinajstić information content (AvgIpc) is 3.46. The number of aryl methyl sites for hydroxylation is 1. The molecule has 4 atom stereocenters. The van der Waals surface area contributed by atoms with Crippen LogP contribution in [-0.4, -0.2) is 69.4 Å². The minimum Gasteiger partial charge on any atom is -0.349 e. The number of hydrogen-bond acceptors (Lipinski definition) is 8. The van der Waals surface area contributed by atoms with Crippen molar-refractivity contribution in [1.82, 2.24) is 19.9 Å². The molecule has 192 valence electrons. The number of fused-ring (bicyclic) bond motifs is 2. The average molecular weight is 509 g/mol. The van der Waals surface area contributed by atoms with Crippen LogP contribution in [0.2, 0.25) is 0 Å². The molecule has 11 nitrogen and oxygen atoms in total. The Balaban J connectivity index is 1.40. The van der Waals surface area contributed by atoms with E-state index in [0.29, 0.717) is 5.82 Å². The van der Waals surface area contributed by atoms with Gasteiger partial charge in [0, 0.05) is 6.04 Å². The van der Waals surface area contributed by atoms with Crippen LogP contribution in [0.15, 0.2) is 28.8 Å². The zero-order valence-corrected chi connectivity index (χ0v) is 19.0. The van der Waals surface area contributed by atoms with Gasteiger partial charge in [0.15, 0.2) is 5.82 Å². The van der Waals surface area contributed by atoms with E-state index in [2.05, 4.69) is 15.5 Å². The molecule has 2 saturated heterocycles. The fourth-order valence-corrected chi connectivity index (χ4v) is 4.93. The van der Waals surface area contributed by atoms with E-state index in [0.717, 1.165) is 17.0 Å². The standard InChI is InChI=1S/C22H22F3N5O6/c1-11-26-19(36-28-11)9-30-20(32)12-6-16-17(35-10-34-16)7-15(12)29(21(30)33)8-18(31)27-14-5-3-2-4-13(14)22(23,24)25/h2-5,12,15-17H,6-10H2,1H3,(H,27,31). The van der Waals surface area contributed by atoms with Gasteiger partial charge in [0.05, 0.1) is 29.4 Å². The molecule has 2 aliphatic heterocycles. The summed E-state index contributed by atoms with van der Waals surface area (Å²) < 4.78 is 56.3. The second-order valence-electron chi connectivity index (χ2n) is 8.84. The van der Waals surface area contributed by atoms with Crippen molar-refractivity contribution in [3.63, 3.8) is 0 Å². The number of anilines is 1. The van der Waals surface area contributed by atoms with Gasteiger partial charge in [-0.05, 0) is 31.9 Å². The highest BCUT2D eigenvalue weighted by atomic mass is 19.4. The first-order valence-corrected chi connectivity index (χ1v) is 11.2. The Kier molecular flexibility index (Phi) is 6.16. The second kappa shape index (κ2) is 9.17. The van der Waals surface area contributed by atoms with Gasteiger partial charge in [0.25, 0.3) is 0 Å². The molecule has 0 spiro atoms. The van der Waals surface area contributed by atoms with Crippen molar-refractivity contribution in [2.75, 3.05) is 18.7 Å². The molecule has 4 unspecified atom stereocenters. The molecule has 1 aliphatic carbocycles. The third-order valence-corrected chi connectivity index (χ3v) is 6.55. The normalized spacial score (nSPS) is 26.1. The van der Waals surface area contributed by atoms with Crippen LogP contribution in [0, 0.1) is 12.8 Å². The van der Waals surface area contributed by atoms with E-state index >= 15 is 0 Å². The fourth-order valence-electron chi connectivity index (χ4n) is 4.93. The summed E-state index contributed by atoms with van der Waals surface area (Å²) in [6.07, 6.45) is -4.89. The van der Waals surface area contributed by atoms with Gasteiger partial charge in [-0.25, -0.2) is 4.79 Å². The van der Waals surface area contributed by atoms with Crippen LogP contribution < -0.4 is 5.32 Å². The van der Waals surface area contributed by atoms with Crippen molar-refractivity contribution in [1.29, 1.82) is 0 Å². The van der Waals surface area contributed by atoms with Crippen molar-refractivity contribution in [2.24, 2.45) is 5.92 Å². The van der Waals surface area contributed by atoms with E-state index in [-0.39, 0.29) is 44.3 Å². The van der Waals surface area contributed by atoms with E-state index in [1.54, 1.807) is 6.92 Å². The van der Waals surface area contributed by atoms with E-state index in [1.807, 2.05) is 0 Å². The lowest BCUT2D eigenvalue weighted by Gasteiger charge is -2.48. The van der Waals surface area contributed by atoms with Crippen molar-refractivity contribution in [3.8, 4) is 0 Å². The number of nitrogens with one attached hydrogen (secondary N) is 1. The molecule has 4 amide bonds. The predicted molar refractivity (Wildman–Crippen MR) is 113 cm³/mol. The fraction of sp³-hybridized carbons (Fsp3) is 0.500. The number of carbonyl (C=O) groups is 3. The third kappa shape index (κ3) is 4.53. The van der Waals surface area contributed by atoms with Crippen LogP contribution in [0.25, 0.3) is 0 Å². The van der Waals surface area contributed by atoms with Gasteiger partial charge in [-0.2, -0.15) is 18.2 Å². The molecule has 3 aliphatic rings. The quantitative estimate of drug-likeness (QED) is 0.651. The number of nitrogens with zero attached hydrogens (tertiary/aromatic N) is 4. The van der Waals surface area contributed by atoms with E-state index in [1.165, 1.54) is 17.0 Å². The minimum atomic E-state index is -4.68. The smallest absolute Gasteiger partial charge is 0.349 e. The summed E-state index contributed by atoms with van der Waals surface area (Å²) >= 11 is 0.